The van der Waals surface area contributed by atoms with Crippen molar-refractivity contribution in [2.24, 2.45) is 5.10 Å². The summed E-state index contributed by atoms with van der Waals surface area (Å²) in [5, 5.41) is 6.44. The molecule has 4 rings (SSSR count). The highest BCUT2D eigenvalue weighted by molar-refractivity contribution is 6.32. The molecule has 1 amide bonds. The van der Waals surface area contributed by atoms with E-state index in [1.807, 2.05) is 74.5 Å². The molecule has 0 fully saturated rings. The quantitative estimate of drug-likeness (QED) is 0.549. The first kappa shape index (κ1) is 17.3. The highest BCUT2D eigenvalue weighted by Gasteiger charge is 2.28. The van der Waals surface area contributed by atoms with Crippen molar-refractivity contribution in [1.29, 1.82) is 0 Å². The van der Waals surface area contributed by atoms with Crippen molar-refractivity contribution < 1.29 is 9.21 Å². The van der Waals surface area contributed by atoms with Crippen LogP contribution in [0.3, 0.4) is 0 Å². The first-order valence-corrected chi connectivity index (χ1v) is 8.94. The number of amides is 1. The molecule has 1 aromatic heterocycles. The van der Waals surface area contributed by atoms with Crippen molar-refractivity contribution in [3.8, 4) is 11.3 Å². The van der Waals surface area contributed by atoms with Crippen LogP contribution in [0.4, 0.5) is 5.69 Å². The van der Waals surface area contributed by atoms with E-state index in [1.54, 1.807) is 6.08 Å². The van der Waals surface area contributed by atoms with Gasteiger partial charge in [0.1, 0.15) is 11.5 Å². The Hall–Kier alpha value is -3.11. The largest absolute Gasteiger partial charge is 0.457 e. The Morgan fingerprint density at radius 3 is 2.59 bits per heavy atom. The Kier molecular flexibility index (Phi) is 4.42. The molecule has 27 heavy (non-hydrogen) atoms. The minimum absolute atomic E-state index is 0.171. The molecule has 4 nitrogen and oxygen atoms in total. The number of halogens is 1. The predicted octanol–water partition coefficient (Wildman–Crippen LogP) is 5.71. The van der Waals surface area contributed by atoms with E-state index in [2.05, 4.69) is 5.10 Å². The van der Waals surface area contributed by atoms with Gasteiger partial charge in [0, 0.05) is 10.6 Å². The van der Waals surface area contributed by atoms with Gasteiger partial charge in [-0.1, -0.05) is 35.9 Å². The summed E-state index contributed by atoms with van der Waals surface area (Å²) in [4.78, 5) is 12.8. The second-order valence-electron chi connectivity index (χ2n) is 6.36. The van der Waals surface area contributed by atoms with E-state index < -0.39 is 0 Å². The molecule has 2 aromatic carbocycles. The summed E-state index contributed by atoms with van der Waals surface area (Å²) < 4.78 is 5.94. The molecule has 0 saturated carbocycles. The third kappa shape index (κ3) is 3.32. The molecule has 1 aliphatic rings. The third-order valence-corrected chi connectivity index (χ3v) is 4.68. The van der Waals surface area contributed by atoms with Gasteiger partial charge in [-0.25, -0.2) is 0 Å². The molecule has 0 bridgehead atoms. The van der Waals surface area contributed by atoms with Crippen molar-refractivity contribution in [3.05, 3.63) is 82.6 Å². The van der Waals surface area contributed by atoms with Gasteiger partial charge in [0.25, 0.3) is 5.91 Å². The summed E-state index contributed by atoms with van der Waals surface area (Å²) in [6.45, 7) is 3.82. The number of benzene rings is 2. The van der Waals surface area contributed by atoms with Crippen LogP contribution in [0.1, 0.15) is 18.2 Å². The summed E-state index contributed by atoms with van der Waals surface area (Å²) in [6, 6.07) is 18.8. The maximum absolute atomic E-state index is 12.8. The fourth-order valence-corrected chi connectivity index (χ4v) is 3.18. The number of hydrogen-bond acceptors (Lipinski definition) is 3. The molecular formula is C22H17ClN2O2. The Bertz CT molecular complexity index is 1080. The lowest BCUT2D eigenvalue weighted by Gasteiger charge is -2.10. The van der Waals surface area contributed by atoms with Gasteiger partial charge in [-0.05, 0) is 61.9 Å². The second-order valence-corrected chi connectivity index (χ2v) is 6.79. The highest BCUT2D eigenvalue weighted by atomic mass is 35.5. The molecule has 2 heterocycles. The van der Waals surface area contributed by atoms with Gasteiger partial charge in [0.2, 0.25) is 0 Å². The SMILES string of the molecule is CC1=NN(c2ccccc2)C(=O)/C1=C/c1ccc(-c2cc(Cl)ccc2C)o1. The topological polar surface area (TPSA) is 45.8 Å². The lowest BCUT2D eigenvalue weighted by Crippen LogP contribution is -2.21. The molecule has 5 heteroatoms. The van der Waals surface area contributed by atoms with Crippen LogP contribution in [0, 0.1) is 6.92 Å². The molecule has 0 atom stereocenters. The molecule has 0 radical (unpaired) electrons. The van der Waals surface area contributed by atoms with Crippen LogP contribution in [0.5, 0.6) is 0 Å². The number of nitrogens with zero attached hydrogens (tertiary/aromatic N) is 2. The lowest BCUT2D eigenvalue weighted by molar-refractivity contribution is -0.114. The van der Waals surface area contributed by atoms with Gasteiger partial charge in [0.15, 0.2) is 0 Å². The Morgan fingerprint density at radius 2 is 1.81 bits per heavy atom. The summed E-state index contributed by atoms with van der Waals surface area (Å²) in [7, 11) is 0. The molecule has 134 valence electrons. The molecule has 0 N–H and O–H groups in total. The first-order chi connectivity index (χ1) is 13.0. The van der Waals surface area contributed by atoms with E-state index >= 15 is 0 Å². The van der Waals surface area contributed by atoms with Crippen molar-refractivity contribution >= 4 is 35.0 Å². The second kappa shape index (κ2) is 6.89. The molecule has 0 unspecified atom stereocenters. The third-order valence-electron chi connectivity index (χ3n) is 4.44. The fraction of sp³-hybridized carbons (Fsp3) is 0.0909. The number of carbonyl (C=O) groups excluding carboxylic acids is 1. The van der Waals surface area contributed by atoms with E-state index in [0.29, 0.717) is 27.8 Å². The average Bonchev–Trinajstić information content (AvgIpc) is 3.24. The normalized spacial score (nSPS) is 15.5. The van der Waals surface area contributed by atoms with E-state index in [4.69, 9.17) is 16.0 Å². The van der Waals surface area contributed by atoms with Crippen LogP contribution >= 0.6 is 11.6 Å². The minimum atomic E-state index is -0.171. The predicted molar refractivity (Wildman–Crippen MR) is 109 cm³/mol. The summed E-state index contributed by atoms with van der Waals surface area (Å²) in [6.07, 6.45) is 1.73. The van der Waals surface area contributed by atoms with Crippen LogP contribution in [0.15, 0.2) is 75.8 Å². The minimum Gasteiger partial charge on any atom is -0.457 e. The first-order valence-electron chi connectivity index (χ1n) is 8.56. The van der Waals surface area contributed by atoms with Gasteiger partial charge in [-0.3, -0.25) is 4.79 Å². The zero-order chi connectivity index (χ0) is 19.0. The standard InChI is InChI=1S/C22H17ClN2O2/c1-14-8-9-16(23)12-19(14)21-11-10-18(27-21)13-20-15(2)24-25(22(20)26)17-6-4-3-5-7-17/h3-13H,1-2H3/b20-13+. The maximum atomic E-state index is 12.8. The van der Waals surface area contributed by atoms with E-state index in [9.17, 15) is 4.79 Å². The summed E-state index contributed by atoms with van der Waals surface area (Å²) in [5.41, 5.74) is 3.90. The van der Waals surface area contributed by atoms with Crippen LogP contribution in [0.2, 0.25) is 5.02 Å². The maximum Gasteiger partial charge on any atom is 0.280 e. The number of anilines is 1. The lowest BCUT2D eigenvalue weighted by atomic mass is 10.1. The zero-order valence-corrected chi connectivity index (χ0v) is 15.7. The molecule has 0 spiro atoms. The van der Waals surface area contributed by atoms with Gasteiger partial charge in [-0.2, -0.15) is 10.1 Å². The molecule has 0 aliphatic carbocycles. The Balaban J connectivity index is 1.65. The van der Waals surface area contributed by atoms with Gasteiger partial charge >= 0.3 is 0 Å². The van der Waals surface area contributed by atoms with Gasteiger partial charge < -0.3 is 4.42 Å². The monoisotopic (exact) mass is 376 g/mol. The van der Waals surface area contributed by atoms with Crippen molar-refractivity contribution in [3.63, 3.8) is 0 Å². The zero-order valence-electron chi connectivity index (χ0n) is 14.9. The van der Waals surface area contributed by atoms with Crippen LogP contribution in [-0.2, 0) is 4.79 Å². The van der Waals surface area contributed by atoms with Crippen LogP contribution < -0.4 is 5.01 Å². The fourth-order valence-electron chi connectivity index (χ4n) is 3.01. The number of furan rings is 1. The molecular weight excluding hydrogens is 360 g/mol. The number of aryl methyl sites for hydroxylation is 1. The molecule has 3 aromatic rings. The van der Waals surface area contributed by atoms with Gasteiger partial charge in [-0.15, -0.1) is 0 Å². The highest BCUT2D eigenvalue weighted by Crippen LogP contribution is 2.30. The molecule has 0 saturated heterocycles. The van der Waals surface area contributed by atoms with Crippen LogP contribution in [0.25, 0.3) is 17.4 Å². The summed E-state index contributed by atoms with van der Waals surface area (Å²) in [5.74, 6) is 1.13. The number of hydrazone groups is 1. The van der Waals surface area contributed by atoms with E-state index in [-0.39, 0.29) is 5.91 Å². The number of para-hydroxylation sites is 1. The number of rotatable bonds is 3. The number of carbonyl (C=O) groups is 1. The van der Waals surface area contributed by atoms with Crippen molar-refractivity contribution in [1.82, 2.24) is 0 Å². The summed E-state index contributed by atoms with van der Waals surface area (Å²) >= 11 is 6.10. The van der Waals surface area contributed by atoms with Crippen LogP contribution in [-0.4, -0.2) is 11.6 Å². The average molecular weight is 377 g/mol. The Labute approximate surface area is 162 Å². The number of hydrogen-bond donors (Lipinski definition) is 0. The smallest absolute Gasteiger partial charge is 0.280 e. The van der Waals surface area contributed by atoms with Gasteiger partial charge in [0.05, 0.1) is 17.0 Å². The Morgan fingerprint density at radius 1 is 1.04 bits per heavy atom. The molecule has 1 aliphatic heterocycles. The van der Waals surface area contributed by atoms with Crippen molar-refractivity contribution in [2.75, 3.05) is 5.01 Å². The van der Waals surface area contributed by atoms with Crippen molar-refractivity contribution in [2.45, 2.75) is 13.8 Å². The van der Waals surface area contributed by atoms with E-state index in [0.717, 1.165) is 16.8 Å². The van der Waals surface area contributed by atoms with E-state index in [1.165, 1.54) is 5.01 Å².